The highest BCUT2D eigenvalue weighted by Crippen LogP contribution is 2.47. The molecule has 0 saturated carbocycles. The fourth-order valence-electron chi connectivity index (χ4n) is 5.51. The molecule has 360 valence electrons. The van der Waals surface area contributed by atoms with Gasteiger partial charge in [-0.3, -0.25) is 19.8 Å². The number of hydrogen-bond donors (Lipinski definition) is 1. The Morgan fingerprint density at radius 3 is 1.69 bits per heavy atom. The van der Waals surface area contributed by atoms with Gasteiger partial charge in [0, 0.05) is 51.3 Å². The molecule has 0 aliphatic carbocycles. The van der Waals surface area contributed by atoms with Gasteiger partial charge in [0.05, 0.1) is 58.6 Å². The van der Waals surface area contributed by atoms with Crippen LogP contribution in [-0.4, -0.2) is 91.9 Å². The highest BCUT2D eigenvalue weighted by molar-refractivity contribution is 6.76. The summed E-state index contributed by atoms with van der Waals surface area (Å²) < 4.78 is 26.8. The van der Waals surface area contributed by atoms with Crippen molar-refractivity contribution in [2.45, 2.75) is 38.8 Å². The summed E-state index contributed by atoms with van der Waals surface area (Å²) in [6.07, 6.45) is 7.46. The number of urea groups is 1. The minimum Gasteiger partial charge on any atom is -0.495 e. The van der Waals surface area contributed by atoms with Crippen LogP contribution in [0.3, 0.4) is 0 Å². The fourth-order valence-corrected chi connectivity index (χ4v) is 7.84. The number of carbonyl (C=O) groups is 1. The third-order valence-corrected chi connectivity index (χ3v) is 12.5. The first-order chi connectivity index (χ1) is 32.5. The van der Waals surface area contributed by atoms with E-state index in [2.05, 4.69) is 59.9 Å². The van der Waals surface area contributed by atoms with Crippen LogP contribution in [0.1, 0.15) is 11.4 Å². The van der Waals surface area contributed by atoms with Gasteiger partial charge in [0.1, 0.15) is 90.1 Å². The van der Waals surface area contributed by atoms with E-state index in [-0.39, 0.29) is 67.2 Å². The van der Waals surface area contributed by atoms with E-state index in [0.717, 1.165) is 11.7 Å². The molecule has 0 bridgehead atoms. The van der Waals surface area contributed by atoms with E-state index in [0.29, 0.717) is 41.3 Å². The van der Waals surface area contributed by atoms with E-state index < -0.39 is 14.1 Å². The highest BCUT2D eigenvalue weighted by atomic mass is 35.5. The summed E-state index contributed by atoms with van der Waals surface area (Å²) in [5, 5.41) is 4.24. The van der Waals surface area contributed by atoms with Gasteiger partial charge in [-0.15, -0.1) is 0 Å². The average molecular weight is 1070 g/mol. The standard InChI is InChI=1S/C25H30Cl3N5O4Si.C10H9ClN4.C9H7Cl2NO3/c1-35-18-12-19(36-2)23(28)24(22(18)27)33(16-37-10-11-38(3,4)5)25(34)32(14-17-8-6-7-9-29-17)21-13-20(26)30-15-31-21;11-9-5-10(15-7-14-9)13-6-8-3-1-2-4-12-8;1-14-5-3-6(15-2)8(11)9(7(5)10)12-4-13/h6-9,12-13,15H,10-11,14,16H2,1-5H3;1-5,7H,6H2,(H,13,14,15);3H,1-2H3. The Morgan fingerprint density at radius 1 is 0.676 bits per heavy atom. The van der Waals surface area contributed by atoms with Crippen molar-refractivity contribution in [1.82, 2.24) is 29.9 Å². The van der Waals surface area contributed by atoms with Gasteiger partial charge in [-0.1, -0.05) is 101 Å². The van der Waals surface area contributed by atoms with Crippen LogP contribution in [-0.2, 0) is 22.6 Å². The lowest BCUT2D eigenvalue weighted by atomic mass is 10.2. The third-order valence-electron chi connectivity index (χ3n) is 8.96. The van der Waals surface area contributed by atoms with E-state index in [1.54, 1.807) is 36.7 Å². The second kappa shape index (κ2) is 27.5. The molecule has 6 rings (SSSR count). The van der Waals surface area contributed by atoms with Crippen molar-refractivity contribution in [3.8, 4) is 23.0 Å². The van der Waals surface area contributed by atoms with Gasteiger partial charge in [-0.2, -0.15) is 4.99 Å². The quantitative estimate of drug-likeness (QED) is 0.0227. The maximum atomic E-state index is 14.3. The summed E-state index contributed by atoms with van der Waals surface area (Å²) >= 11 is 37.1. The van der Waals surface area contributed by atoms with Crippen LogP contribution in [0.2, 0.25) is 56.1 Å². The zero-order chi connectivity index (χ0) is 49.8. The SMILES string of the molecule is COc1cc(OC)c(Cl)c(N(COCC[Si](C)(C)C)C(=O)N(Cc2ccccn2)c2cc(Cl)ncn2)c1Cl.COc1cc(OC)c(Cl)c(N=C=O)c1Cl.Clc1cc(NCc2ccccn2)ncn1. The van der Waals surface area contributed by atoms with Crippen molar-refractivity contribution < 1.29 is 33.3 Å². The number of hydrogen-bond acceptors (Lipinski definition) is 15. The number of pyridine rings is 2. The van der Waals surface area contributed by atoms with Crippen LogP contribution in [0.5, 0.6) is 23.0 Å². The van der Waals surface area contributed by atoms with Gasteiger partial charge in [0.25, 0.3) is 0 Å². The van der Waals surface area contributed by atoms with Crippen LogP contribution in [0.15, 0.2) is 90.7 Å². The number of rotatable bonds is 17. The van der Waals surface area contributed by atoms with Crippen molar-refractivity contribution in [2.75, 3.05) is 56.9 Å². The van der Waals surface area contributed by atoms with Crippen LogP contribution in [0.4, 0.5) is 27.8 Å². The van der Waals surface area contributed by atoms with Gasteiger partial charge in [0.2, 0.25) is 6.08 Å². The van der Waals surface area contributed by atoms with Crippen molar-refractivity contribution in [2.24, 2.45) is 4.99 Å². The summed E-state index contributed by atoms with van der Waals surface area (Å²) in [5.41, 5.74) is 1.83. The molecule has 0 saturated heterocycles. The van der Waals surface area contributed by atoms with Gasteiger partial charge < -0.3 is 29.0 Å². The number of amides is 2. The second-order valence-corrected chi connectivity index (χ2v) is 22.7. The molecule has 2 amide bonds. The molecule has 4 aromatic heterocycles. The molecule has 68 heavy (non-hydrogen) atoms. The maximum absolute atomic E-state index is 14.3. The smallest absolute Gasteiger partial charge is 0.332 e. The molecular weight excluding hydrogens is 1020 g/mol. The summed E-state index contributed by atoms with van der Waals surface area (Å²) in [6.45, 7) is 7.74. The topological polar surface area (TPSA) is 188 Å². The molecule has 17 nitrogen and oxygen atoms in total. The van der Waals surface area contributed by atoms with Crippen molar-refractivity contribution in [3.63, 3.8) is 0 Å². The first kappa shape index (κ1) is 55.1. The Hall–Kier alpha value is -5.53. The molecule has 4 heterocycles. The Morgan fingerprint density at radius 2 is 1.21 bits per heavy atom. The number of nitrogens with zero attached hydrogens (tertiary/aromatic N) is 9. The Labute approximate surface area is 424 Å². The molecule has 1 N–H and O–H groups in total. The summed E-state index contributed by atoms with van der Waals surface area (Å²) in [4.78, 5) is 55.2. The number of carbonyl (C=O) groups excluding carboxylic acids is 2. The number of isocyanates is 1. The first-order valence-electron chi connectivity index (χ1n) is 20.0. The lowest BCUT2D eigenvalue weighted by Gasteiger charge is -2.31. The number of benzene rings is 2. The van der Waals surface area contributed by atoms with Gasteiger partial charge in [0.15, 0.2) is 0 Å². The molecular formula is C44H46Cl6N10O7Si. The van der Waals surface area contributed by atoms with E-state index >= 15 is 0 Å². The lowest BCUT2D eigenvalue weighted by molar-refractivity contribution is 0.148. The van der Waals surface area contributed by atoms with Crippen molar-refractivity contribution >= 4 is 113 Å². The van der Waals surface area contributed by atoms with Gasteiger partial charge >= 0.3 is 6.03 Å². The number of halogens is 6. The monoisotopic (exact) mass is 1060 g/mol. The predicted octanol–water partition coefficient (Wildman–Crippen LogP) is 11.9. The number of ether oxygens (including phenoxy) is 5. The molecule has 24 heteroatoms. The largest absolute Gasteiger partial charge is 0.495 e. The van der Waals surface area contributed by atoms with E-state index in [9.17, 15) is 9.59 Å². The van der Waals surface area contributed by atoms with Crippen molar-refractivity contribution in [3.05, 3.63) is 127 Å². The van der Waals surface area contributed by atoms with Crippen LogP contribution in [0, 0.1) is 0 Å². The molecule has 0 atom stereocenters. The van der Waals surface area contributed by atoms with E-state index in [1.807, 2.05) is 24.3 Å². The normalized spacial score (nSPS) is 10.5. The summed E-state index contributed by atoms with van der Waals surface area (Å²) in [6, 6.07) is 17.8. The van der Waals surface area contributed by atoms with Gasteiger partial charge in [-0.25, -0.2) is 29.5 Å². The molecule has 0 spiro atoms. The molecule has 0 aliphatic rings. The predicted molar refractivity (Wildman–Crippen MR) is 270 cm³/mol. The molecule has 0 radical (unpaired) electrons. The Bertz CT molecular complexity index is 2580. The third kappa shape index (κ3) is 16.3. The summed E-state index contributed by atoms with van der Waals surface area (Å²) in [5.74, 6) is 2.17. The van der Waals surface area contributed by atoms with Crippen LogP contribution < -0.4 is 34.1 Å². The van der Waals surface area contributed by atoms with E-state index in [4.69, 9.17) is 93.3 Å². The Kier molecular flexibility index (Phi) is 22.2. The first-order valence-corrected chi connectivity index (χ1v) is 26.0. The minimum atomic E-state index is -1.39. The zero-order valence-electron chi connectivity index (χ0n) is 37.8. The number of aromatic nitrogens is 6. The highest BCUT2D eigenvalue weighted by Gasteiger charge is 2.32. The zero-order valence-corrected chi connectivity index (χ0v) is 43.3. The second-order valence-electron chi connectivity index (χ2n) is 14.8. The van der Waals surface area contributed by atoms with Crippen LogP contribution >= 0.6 is 69.6 Å². The number of aliphatic imine (C=N–C) groups is 1. The molecule has 2 aromatic carbocycles. The lowest BCUT2D eigenvalue weighted by Crippen LogP contribution is -2.45. The fraction of sp³-hybridized carbons (Fsp3) is 0.273. The maximum Gasteiger partial charge on any atom is 0.332 e. The minimum absolute atomic E-state index is 0.0781. The Balaban J connectivity index is 0.000000272. The molecule has 0 fully saturated rings. The van der Waals surface area contributed by atoms with Crippen LogP contribution in [0.25, 0.3) is 0 Å². The number of anilines is 3. The average Bonchev–Trinajstić information content (AvgIpc) is 3.33. The number of nitrogens with one attached hydrogen (secondary N) is 1. The molecule has 6 aromatic rings. The molecule has 0 unspecified atom stereocenters. The van der Waals surface area contributed by atoms with Crippen molar-refractivity contribution in [1.29, 1.82) is 0 Å². The van der Waals surface area contributed by atoms with Gasteiger partial charge in [-0.05, 0) is 30.3 Å². The van der Waals surface area contributed by atoms with E-state index in [1.165, 1.54) is 69.1 Å². The number of methoxy groups -OCH3 is 4. The molecule has 0 aliphatic heterocycles. The summed E-state index contributed by atoms with van der Waals surface area (Å²) in [7, 11) is 4.40.